The van der Waals surface area contributed by atoms with Crippen LogP contribution in [0.3, 0.4) is 0 Å². The lowest BCUT2D eigenvalue weighted by molar-refractivity contribution is 0.628. The van der Waals surface area contributed by atoms with Gasteiger partial charge < -0.3 is 5.32 Å². The van der Waals surface area contributed by atoms with Crippen molar-refractivity contribution in [3.05, 3.63) is 82.1 Å². The van der Waals surface area contributed by atoms with Gasteiger partial charge in [0.25, 0.3) is 5.56 Å². The summed E-state index contributed by atoms with van der Waals surface area (Å²) in [6.45, 7) is 0. The van der Waals surface area contributed by atoms with Crippen LogP contribution in [-0.4, -0.2) is 9.55 Å². The summed E-state index contributed by atoms with van der Waals surface area (Å²) >= 11 is 5.84. The minimum Gasteiger partial charge on any atom is -0.335 e. The van der Waals surface area contributed by atoms with E-state index in [1.807, 2.05) is 0 Å². The number of hydrogen-bond acceptors (Lipinski definition) is 3. The molecule has 3 rings (SSSR count). The summed E-state index contributed by atoms with van der Waals surface area (Å²) in [5.74, 6) is -0.276. The first-order valence-electron chi connectivity index (χ1n) is 6.50. The molecular formula is C16H11ClFN3O. The van der Waals surface area contributed by atoms with Crippen molar-refractivity contribution in [1.29, 1.82) is 0 Å². The molecule has 4 nitrogen and oxygen atoms in total. The highest BCUT2D eigenvalue weighted by atomic mass is 35.5. The van der Waals surface area contributed by atoms with Crippen LogP contribution in [0.15, 0.2) is 65.7 Å². The first-order chi connectivity index (χ1) is 10.6. The summed E-state index contributed by atoms with van der Waals surface area (Å²) in [5, 5.41) is 3.41. The highest BCUT2D eigenvalue weighted by molar-refractivity contribution is 6.30. The molecule has 110 valence electrons. The SMILES string of the molecule is O=c1c(Nc2cccc(F)c2)nccn1-c1ccc(Cl)cc1. The van der Waals surface area contributed by atoms with Crippen LogP contribution in [0.5, 0.6) is 0 Å². The van der Waals surface area contributed by atoms with Gasteiger partial charge in [-0.3, -0.25) is 9.36 Å². The molecule has 0 aliphatic carbocycles. The third-order valence-corrected chi connectivity index (χ3v) is 3.28. The van der Waals surface area contributed by atoms with Gasteiger partial charge in [-0.15, -0.1) is 0 Å². The number of benzene rings is 2. The summed E-state index contributed by atoms with van der Waals surface area (Å²) in [6.07, 6.45) is 3.06. The van der Waals surface area contributed by atoms with Crippen LogP contribution >= 0.6 is 11.6 Å². The van der Waals surface area contributed by atoms with Crippen molar-refractivity contribution in [2.75, 3.05) is 5.32 Å². The Morgan fingerprint density at radius 2 is 1.91 bits per heavy atom. The second-order valence-electron chi connectivity index (χ2n) is 4.56. The summed E-state index contributed by atoms with van der Waals surface area (Å²) in [5.41, 5.74) is 0.784. The smallest absolute Gasteiger partial charge is 0.298 e. The molecule has 0 spiro atoms. The maximum Gasteiger partial charge on any atom is 0.298 e. The van der Waals surface area contributed by atoms with Crippen molar-refractivity contribution >= 4 is 23.1 Å². The fourth-order valence-electron chi connectivity index (χ4n) is 2.01. The van der Waals surface area contributed by atoms with Crippen molar-refractivity contribution in [2.45, 2.75) is 0 Å². The van der Waals surface area contributed by atoms with Crippen molar-refractivity contribution in [3.8, 4) is 5.69 Å². The Bertz CT molecular complexity index is 862. The second kappa shape index (κ2) is 5.99. The molecule has 0 saturated carbocycles. The van der Waals surface area contributed by atoms with Crippen LogP contribution in [0, 0.1) is 5.82 Å². The van der Waals surface area contributed by atoms with Crippen LogP contribution < -0.4 is 10.9 Å². The molecule has 0 bridgehead atoms. The maximum atomic E-state index is 13.2. The first-order valence-corrected chi connectivity index (χ1v) is 6.87. The fraction of sp³-hybridized carbons (Fsp3) is 0. The largest absolute Gasteiger partial charge is 0.335 e. The maximum absolute atomic E-state index is 13.2. The number of rotatable bonds is 3. The Hall–Kier alpha value is -2.66. The average molecular weight is 316 g/mol. The third-order valence-electron chi connectivity index (χ3n) is 3.03. The van der Waals surface area contributed by atoms with Crippen LogP contribution in [0.1, 0.15) is 0 Å². The molecular weight excluding hydrogens is 305 g/mol. The Morgan fingerprint density at radius 1 is 1.14 bits per heavy atom. The van der Waals surface area contributed by atoms with E-state index in [1.165, 1.54) is 22.9 Å². The summed E-state index contributed by atoms with van der Waals surface area (Å²) in [4.78, 5) is 16.5. The molecule has 0 atom stereocenters. The quantitative estimate of drug-likeness (QED) is 0.800. The topological polar surface area (TPSA) is 46.9 Å². The lowest BCUT2D eigenvalue weighted by Crippen LogP contribution is -2.21. The van der Waals surface area contributed by atoms with E-state index in [4.69, 9.17) is 11.6 Å². The molecule has 3 aromatic rings. The number of anilines is 2. The van der Waals surface area contributed by atoms with Crippen molar-refractivity contribution in [2.24, 2.45) is 0 Å². The predicted molar refractivity (Wildman–Crippen MR) is 84.5 cm³/mol. The van der Waals surface area contributed by atoms with E-state index in [0.717, 1.165) is 0 Å². The molecule has 6 heteroatoms. The lowest BCUT2D eigenvalue weighted by atomic mass is 10.3. The van der Waals surface area contributed by atoms with E-state index in [9.17, 15) is 9.18 Å². The van der Waals surface area contributed by atoms with Gasteiger partial charge in [-0.25, -0.2) is 9.37 Å². The second-order valence-corrected chi connectivity index (χ2v) is 5.00. The molecule has 1 heterocycles. The molecule has 0 fully saturated rings. The van der Waals surface area contributed by atoms with Gasteiger partial charge in [0.15, 0.2) is 5.82 Å². The van der Waals surface area contributed by atoms with E-state index < -0.39 is 0 Å². The van der Waals surface area contributed by atoms with Gasteiger partial charge in [0, 0.05) is 28.8 Å². The number of aromatic nitrogens is 2. The number of nitrogens with zero attached hydrogens (tertiary/aromatic N) is 2. The number of hydrogen-bond donors (Lipinski definition) is 1. The van der Waals surface area contributed by atoms with Gasteiger partial charge in [0.05, 0.1) is 0 Å². The Kier molecular flexibility index (Phi) is 3.89. The summed E-state index contributed by atoms with van der Waals surface area (Å²) in [6, 6.07) is 12.7. The highest BCUT2D eigenvalue weighted by Gasteiger charge is 2.07. The molecule has 1 aromatic heterocycles. The van der Waals surface area contributed by atoms with Gasteiger partial charge in [-0.2, -0.15) is 0 Å². The highest BCUT2D eigenvalue weighted by Crippen LogP contribution is 2.15. The Labute approximate surface area is 130 Å². The number of nitrogens with one attached hydrogen (secondary N) is 1. The third kappa shape index (κ3) is 2.99. The van der Waals surface area contributed by atoms with E-state index in [-0.39, 0.29) is 17.2 Å². The average Bonchev–Trinajstić information content (AvgIpc) is 2.51. The minimum atomic E-state index is -0.390. The Balaban J connectivity index is 1.99. The van der Waals surface area contributed by atoms with Crippen LogP contribution in [0.2, 0.25) is 5.02 Å². The van der Waals surface area contributed by atoms with Crippen molar-refractivity contribution < 1.29 is 4.39 Å². The normalized spacial score (nSPS) is 10.5. The molecule has 0 radical (unpaired) electrons. The van der Waals surface area contributed by atoms with Crippen molar-refractivity contribution in [3.63, 3.8) is 0 Å². The zero-order valence-electron chi connectivity index (χ0n) is 11.3. The first kappa shape index (κ1) is 14.3. The summed E-state index contributed by atoms with van der Waals surface area (Å²) < 4.78 is 14.6. The van der Waals surface area contributed by atoms with Gasteiger partial charge in [-0.05, 0) is 42.5 Å². The lowest BCUT2D eigenvalue weighted by Gasteiger charge is -2.09. The molecule has 0 unspecified atom stereocenters. The van der Waals surface area contributed by atoms with E-state index in [2.05, 4.69) is 10.3 Å². The van der Waals surface area contributed by atoms with Gasteiger partial charge in [-0.1, -0.05) is 17.7 Å². The molecule has 0 aliphatic rings. The predicted octanol–water partition coefficient (Wildman–Crippen LogP) is 3.77. The molecule has 0 aliphatic heterocycles. The minimum absolute atomic E-state index is 0.114. The molecule has 0 amide bonds. The molecule has 1 N–H and O–H groups in total. The molecule has 22 heavy (non-hydrogen) atoms. The van der Waals surface area contributed by atoms with Crippen molar-refractivity contribution in [1.82, 2.24) is 9.55 Å². The fourth-order valence-corrected chi connectivity index (χ4v) is 2.13. The van der Waals surface area contributed by atoms with E-state index in [1.54, 1.807) is 42.6 Å². The van der Waals surface area contributed by atoms with Gasteiger partial charge in [0.1, 0.15) is 5.82 Å². The van der Waals surface area contributed by atoms with Crippen LogP contribution in [0.25, 0.3) is 5.69 Å². The molecule has 0 saturated heterocycles. The Morgan fingerprint density at radius 3 is 2.64 bits per heavy atom. The standard InChI is InChI=1S/C16H11ClFN3O/c17-11-4-6-14(7-5-11)21-9-8-19-15(16(21)22)20-13-3-1-2-12(18)10-13/h1-10H,(H,19,20). The van der Waals surface area contributed by atoms with Gasteiger partial charge >= 0.3 is 0 Å². The zero-order valence-corrected chi connectivity index (χ0v) is 12.1. The van der Waals surface area contributed by atoms with E-state index >= 15 is 0 Å². The molecule has 2 aromatic carbocycles. The van der Waals surface area contributed by atoms with Gasteiger partial charge in [0.2, 0.25) is 0 Å². The van der Waals surface area contributed by atoms with E-state index in [0.29, 0.717) is 16.4 Å². The monoisotopic (exact) mass is 315 g/mol. The van der Waals surface area contributed by atoms with Crippen LogP contribution in [0.4, 0.5) is 15.9 Å². The van der Waals surface area contributed by atoms with Crippen LogP contribution in [-0.2, 0) is 0 Å². The zero-order chi connectivity index (χ0) is 15.5. The number of halogens is 2. The summed E-state index contributed by atoms with van der Waals surface area (Å²) in [7, 11) is 0.